The number of aliphatic hydroxyl groups excluding tert-OH is 1. The van der Waals surface area contributed by atoms with Gasteiger partial charge in [0.15, 0.2) is 0 Å². The van der Waals surface area contributed by atoms with Crippen LogP contribution in [0.25, 0.3) is 0 Å². The van der Waals surface area contributed by atoms with Gasteiger partial charge in [-0.2, -0.15) is 0 Å². The van der Waals surface area contributed by atoms with E-state index in [1.54, 1.807) is 21.0 Å². The molecule has 0 aromatic carbocycles. The number of hydrogen-bond acceptors (Lipinski definition) is 3. The lowest BCUT2D eigenvalue weighted by molar-refractivity contribution is 0.0409. The van der Waals surface area contributed by atoms with Crippen LogP contribution >= 0.6 is 0 Å². The summed E-state index contributed by atoms with van der Waals surface area (Å²) in [5.74, 6) is 0. The Kier molecular flexibility index (Phi) is 5.46. The van der Waals surface area contributed by atoms with Crippen LogP contribution in [0, 0.1) is 0 Å². The molecule has 0 radical (unpaired) electrons. The molecule has 2 N–H and O–H groups in total. The van der Waals surface area contributed by atoms with Crippen LogP contribution in [0.4, 0.5) is 0 Å². The molecule has 0 saturated carbocycles. The van der Waals surface area contributed by atoms with E-state index < -0.39 is 11.7 Å². The van der Waals surface area contributed by atoms with Crippen LogP contribution in [0.1, 0.15) is 33.1 Å². The third-order valence-electron chi connectivity index (χ3n) is 1.68. The molecule has 1 atom stereocenters. The third kappa shape index (κ3) is 7.98. The maximum Gasteiger partial charge on any atom is 0.0773 e. The lowest BCUT2D eigenvalue weighted by Gasteiger charge is -2.17. The molecule has 0 aromatic heterocycles. The quantitative estimate of drug-likeness (QED) is 0.633. The highest BCUT2D eigenvalue weighted by molar-refractivity contribution is 4.66. The third-order valence-corrected chi connectivity index (χ3v) is 1.68. The molecule has 0 aromatic rings. The van der Waals surface area contributed by atoms with E-state index in [1.165, 1.54) is 0 Å². The molecule has 0 rings (SSSR count). The Morgan fingerprint density at radius 1 is 1.42 bits per heavy atom. The van der Waals surface area contributed by atoms with Gasteiger partial charge >= 0.3 is 0 Å². The highest BCUT2D eigenvalue weighted by Crippen LogP contribution is 2.13. The molecule has 1 unspecified atom stereocenters. The van der Waals surface area contributed by atoms with Gasteiger partial charge in [0.25, 0.3) is 0 Å². The van der Waals surface area contributed by atoms with Crippen LogP contribution in [0.2, 0.25) is 0 Å². The first-order valence-corrected chi connectivity index (χ1v) is 4.35. The summed E-state index contributed by atoms with van der Waals surface area (Å²) >= 11 is 0. The van der Waals surface area contributed by atoms with Crippen molar-refractivity contribution in [3.63, 3.8) is 0 Å². The van der Waals surface area contributed by atoms with Gasteiger partial charge in [-0.3, -0.25) is 0 Å². The lowest BCUT2D eigenvalue weighted by Crippen LogP contribution is -2.20. The first-order valence-electron chi connectivity index (χ1n) is 4.35. The Labute approximate surface area is 74.4 Å². The monoisotopic (exact) mass is 176 g/mol. The predicted molar refractivity (Wildman–Crippen MR) is 48.0 cm³/mol. The fourth-order valence-electron chi connectivity index (χ4n) is 1.05. The standard InChI is InChI=1S/C9H20O3/c1-9(2,11)6-4-5-8(10)7-12-3/h8,10-11H,4-7H2,1-3H3. The second kappa shape index (κ2) is 5.51. The van der Waals surface area contributed by atoms with Gasteiger partial charge in [-0.1, -0.05) is 0 Å². The van der Waals surface area contributed by atoms with Gasteiger partial charge in [-0.05, 0) is 33.1 Å². The molecule has 74 valence electrons. The van der Waals surface area contributed by atoms with Crippen molar-refractivity contribution in [3.05, 3.63) is 0 Å². The smallest absolute Gasteiger partial charge is 0.0773 e. The number of ether oxygens (including phenoxy) is 1. The lowest BCUT2D eigenvalue weighted by atomic mass is 10.0. The zero-order valence-electron chi connectivity index (χ0n) is 8.21. The average molecular weight is 176 g/mol. The van der Waals surface area contributed by atoms with Crippen molar-refractivity contribution >= 4 is 0 Å². The largest absolute Gasteiger partial charge is 0.391 e. The molecule has 0 fully saturated rings. The van der Waals surface area contributed by atoms with Gasteiger partial charge in [0, 0.05) is 7.11 Å². The first kappa shape index (κ1) is 11.9. The van der Waals surface area contributed by atoms with Crippen LogP contribution in [-0.2, 0) is 4.74 Å². The summed E-state index contributed by atoms with van der Waals surface area (Å²) in [7, 11) is 1.57. The second-order valence-electron chi connectivity index (χ2n) is 3.81. The van der Waals surface area contributed by atoms with E-state index in [4.69, 9.17) is 4.74 Å². The normalized spacial score (nSPS) is 14.8. The summed E-state index contributed by atoms with van der Waals surface area (Å²) in [5, 5.41) is 18.6. The topological polar surface area (TPSA) is 49.7 Å². The SMILES string of the molecule is COCC(O)CCCC(C)(C)O. The van der Waals surface area contributed by atoms with E-state index in [1.807, 2.05) is 0 Å². The molecule has 0 spiro atoms. The van der Waals surface area contributed by atoms with Crippen molar-refractivity contribution in [2.75, 3.05) is 13.7 Å². The zero-order chi connectivity index (χ0) is 9.61. The summed E-state index contributed by atoms with van der Waals surface area (Å²) < 4.78 is 4.77. The Bertz CT molecular complexity index is 107. The second-order valence-corrected chi connectivity index (χ2v) is 3.81. The minimum absolute atomic E-state index is 0.381. The van der Waals surface area contributed by atoms with Gasteiger partial charge < -0.3 is 14.9 Å². The fourth-order valence-corrected chi connectivity index (χ4v) is 1.05. The van der Waals surface area contributed by atoms with Gasteiger partial charge in [-0.25, -0.2) is 0 Å². The van der Waals surface area contributed by atoms with E-state index in [-0.39, 0.29) is 0 Å². The molecule has 3 nitrogen and oxygen atoms in total. The van der Waals surface area contributed by atoms with Crippen LogP contribution in [0.5, 0.6) is 0 Å². The Morgan fingerprint density at radius 2 is 2.00 bits per heavy atom. The summed E-state index contributed by atoms with van der Waals surface area (Å²) in [6.45, 7) is 3.93. The van der Waals surface area contributed by atoms with E-state index in [0.717, 1.165) is 6.42 Å². The Hall–Kier alpha value is -0.120. The average Bonchev–Trinajstić information content (AvgIpc) is 1.84. The number of hydrogen-bond donors (Lipinski definition) is 2. The molecule has 3 heteroatoms. The maximum atomic E-state index is 9.35. The van der Waals surface area contributed by atoms with Crippen molar-refractivity contribution in [1.82, 2.24) is 0 Å². The van der Waals surface area contributed by atoms with E-state index in [0.29, 0.717) is 19.4 Å². The summed E-state index contributed by atoms with van der Waals surface area (Å²) in [6.07, 6.45) is 1.84. The van der Waals surface area contributed by atoms with Crippen LogP contribution < -0.4 is 0 Å². The molecule has 12 heavy (non-hydrogen) atoms. The summed E-state index contributed by atoms with van der Waals surface area (Å²) in [5.41, 5.74) is -0.618. The molecule has 0 bridgehead atoms. The number of methoxy groups -OCH3 is 1. The minimum Gasteiger partial charge on any atom is -0.391 e. The van der Waals surface area contributed by atoms with Crippen LogP contribution in [0.3, 0.4) is 0 Å². The molecule has 0 aliphatic heterocycles. The number of aliphatic hydroxyl groups is 2. The Morgan fingerprint density at radius 3 is 2.42 bits per heavy atom. The van der Waals surface area contributed by atoms with Crippen molar-refractivity contribution in [2.24, 2.45) is 0 Å². The number of rotatable bonds is 6. The highest BCUT2D eigenvalue weighted by atomic mass is 16.5. The predicted octanol–water partition coefficient (Wildman–Crippen LogP) is 0.935. The molecule has 0 amide bonds. The molecular formula is C9H20O3. The summed E-state index contributed by atoms with van der Waals surface area (Å²) in [4.78, 5) is 0. The van der Waals surface area contributed by atoms with E-state index in [9.17, 15) is 10.2 Å². The van der Waals surface area contributed by atoms with Crippen molar-refractivity contribution in [2.45, 2.75) is 44.8 Å². The van der Waals surface area contributed by atoms with Crippen molar-refractivity contribution < 1.29 is 14.9 Å². The zero-order valence-corrected chi connectivity index (χ0v) is 8.21. The molecular weight excluding hydrogens is 156 g/mol. The van der Waals surface area contributed by atoms with Gasteiger partial charge in [-0.15, -0.1) is 0 Å². The van der Waals surface area contributed by atoms with E-state index in [2.05, 4.69) is 0 Å². The summed E-state index contributed by atoms with van der Waals surface area (Å²) in [6, 6.07) is 0. The van der Waals surface area contributed by atoms with E-state index >= 15 is 0 Å². The van der Waals surface area contributed by atoms with Crippen molar-refractivity contribution in [3.8, 4) is 0 Å². The molecule has 0 saturated heterocycles. The molecule has 0 aliphatic rings. The molecule has 0 aliphatic carbocycles. The first-order chi connectivity index (χ1) is 5.45. The fraction of sp³-hybridized carbons (Fsp3) is 1.00. The maximum absolute atomic E-state index is 9.35. The van der Waals surface area contributed by atoms with Gasteiger partial charge in [0.05, 0.1) is 18.3 Å². The molecule has 0 heterocycles. The Balaban J connectivity index is 3.31. The van der Waals surface area contributed by atoms with Crippen LogP contribution in [-0.4, -0.2) is 35.6 Å². The van der Waals surface area contributed by atoms with Gasteiger partial charge in [0.2, 0.25) is 0 Å². The van der Waals surface area contributed by atoms with Crippen LogP contribution in [0.15, 0.2) is 0 Å². The van der Waals surface area contributed by atoms with Crippen molar-refractivity contribution in [1.29, 1.82) is 0 Å². The highest BCUT2D eigenvalue weighted by Gasteiger charge is 2.12. The minimum atomic E-state index is -0.618. The van der Waals surface area contributed by atoms with Gasteiger partial charge in [0.1, 0.15) is 0 Å².